The predicted molar refractivity (Wildman–Crippen MR) is 42.7 cm³/mol. The highest BCUT2D eigenvalue weighted by atomic mass is 16.7. The topological polar surface area (TPSA) is 38.8 Å². The second kappa shape index (κ2) is 2.73. The fourth-order valence-electron chi connectivity index (χ4n) is 2.04. The lowest BCUT2D eigenvalue weighted by molar-refractivity contribution is -0.144. The number of carbonyl (C=O) groups is 1. The third-order valence-corrected chi connectivity index (χ3v) is 2.72. The van der Waals surface area contributed by atoms with Crippen molar-refractivity contribution in [3.05, 3.63) is 0 Å². The summed E-state index contributed by atoms with van der Waals surface area (Å²) in [6, 6.07) is 0. The number of carbonyl (C=O) groups excluding carboxylic acids is 1. The molecule has 1 atom stereocenters. The zero-order valence-electron chi connectivity index (χ0n) is 7.34. The lowest BCUT2D eigenvalue weighted by atomic mass is 10.0. The first kappa shape index (κ1) is 8.05. The van der Waals surface area contributed by atoms with E-state index >= 15 is 0 Å². The van der Waals surface area contributed by atoms with Crippen LogP contribution in [-0.4, -0.2) is 24.3 Å². The molecule has 0 bridgehead atoms. The summed E-state index contributed by atoms with van der Waals surface area (Å²) in [5.41, 5.74) is -0.0910. The minimum atomic E-state index is -0.236. The van der Waals surface area contributed by atoms with Crippen molar-refractivity contribution in [2.75, 3.05) is 6.61 Å². The van der Waals surface area contributed by atoms with Gasteiger partial charge < -0.3 is 9.47 Å². The van der Waals surface area contributed by atoms with Gasteiger partial charge in [-0.05, 0) is 19.8 Å². The van der Waals surface area contributed by atoms with E-state index in [1.54, 1.807) is 0 Å². The van der Waals surface area contributed by atoms with E-state index in [9.17, 15) is 4.79 Å². The second-order valence-corrected chi connectivity index (χ2v) is 3.52. The Morgan fingerprint density at radius 1 is 1.58 bits per heavy atom. The minimum Gasteiger partial charge on any atom is -0.464 e. The SMILES string of the molecule is CCOC(=O)C1OC12CCCC2. The van der Waals surface area contributed by atoms with Gasteiger partial charge in [0.25, 0.3) is 0 Å². The van der Waals surface area contributed by atoms with Crippen molar-refractivity contribution in [3.8, 4) is 0 Å². The first-order valence-corrected chi connectivity index (χ1v) is 4.63. The van der Waals surface area contributed by atoms with Crippen molar-refractivity contribution in [1.82, 2.24) is 0 Å². The fourth-order valence-corrected chi connectivity index (χ4v) is 2.04. The van der Waals surface area contributed by atoms with Gasteiger partial charge in [0.1, 0.15) is 5.60 Å². The van der Waals surface area contributed by atoms with E-state index in [-0.39, 0.29) is 17.7 Å². The molecule has 3 nitrogen and oxygen atoms in total. The molecule has 0 amide bonds. The molecule has 1 aliphatic carbocycles. The van der Waals surface area contributed by atoms with Crippen LogP contribution < -0.4 is 0 Å². The van der Waals surface area contributed by atoms with Gasteiger partial charge in [-0.3, -0.25) is 0 Å². The molecule has 1 unspecified atom stereocenters. The number of epoxide rings is 1. The Morgan fingerprint density at radius 2 is 2.25 bits per heavy atom. The second-order valence-electron chi connectivity index (χ2n) is 3.52. The predicted octanol–water partition coefficient (Wildman–Crippen LogP) is 1.26. The summed E-state index contributed by atoms with van der Waals surface area (Å²) in [6.45, 7) is 2.27. The molecule has 12 heavy (non-hydrogen) atoms. The van der Waals surface area contributed by atoms with Crippen molar-refractivity contribution in [3.63, 3.8) is 0 Å². The highest BCUT2D eigenvalue weighted by Crippen LogP contribution is 2.50. The monoisotopic (exact) mass is 170 g/mol. The molecular weight excluding hydrogens is 156 g/mol. The van der Waals surface area contributed by atoms with Crippen LogP contribution in [0.5, 0.6) is 0 Å². The van der Waals surface area contributed by atoms with Crippen molar-refractivity contribution in [2.24, 2.45) is 0 Å². The maximum atomic E-state index is 11.2. The number of ether oxygens (including phenoxy) is 2. The molecular formula is C9H14O3. The first-order chi connectivity index (χ1) is 5.78. The third-order valence-electron chi connectivity index (χ3n) is 2.72. The van der Waals surface area contributed by atoms with E-state index < -0.39 is 0 Å². The Balaban J connectivity index is 1.89. The smallest absolute Gasteiger partial charge is 0.338 e. The zero-order chi connectivity index (χ0) is 8.60. The van der Waals surface area contributed by atoms with Gasteiger partial charge >= 0.3 is 5.97 Å². The summed E-state index contributed by atoms with van der Waals surface area (Å²) in [5.74, 6) is -0.167. The van der Waals surface area contributed by atoms with Crippen LogP contribution in [0.2, 0.25) is 0 Å². The molecule has 0 aromatic rings. The fraction of sp³-hybridized carbons (Fsp3) is 0.889. The largest absolute Gasteiger partial charge is 0.464 e. The van der Waals surface area contributed by atoms with Gasteiger partial charge in [-0.1, -0.05) is 12.8 Å². The van der Waals surface area contributed by atoms with Crippen LogP contribution >= 0.6 is 0 Å². The lowest BCUT2D eigenvalue weighted by Gasteiger charge is -2.00. The maximum absolute atomic E-state index is 11.2. The Morgan fingerprint density at radius 3 is 2.83 bits per heavy atom. The Kier molecular flexibility index (Phi) is 1.83. The molecule has 1 spiro atoms. The normalized spacial score (nSPS) is 30.6. The molecule has 3 heteroatoms. The van der Waals surface area contributed by atoms with Crippen LogP contribution in [0, 0.1) is 0 Å². The molecule has 0 N–H and O–H groups in total. The van der Waals surface area contributed by atoms with Crippen LogP contribution in [0.4, 0.5) is 0 Å². The summed E-state index contributed by atoms with van der Waals surface area (Å²) < 4.78 is 10.3. The molecule has 1 heterocycles. The van der Waals surface area contributed by atoms with Crippen molar-refractivity contribution < 1.29 is 14.3 Å². The molecule has 0 aromatic carbocycles. The van der Waals surface area contributed by atoms with E-state index in [1.165, 1.54) is 12.8 Å². The van der Waals surface area contributed by atoms with E-state index in [4.69, 9.17) is 9.47 Å². The van der Waals surface area contributed by atoms with Gasteiger partial charge in [0, 0.05) is 0 Å². The number of hydrogen-bond donors (Lipinski definition) is 0. The highest BCUT2D eigenvalue weighted by Gasteiger charge is 2.62. The van der Waals surface area contributed by atoms with Crippen LogP contribution in [0.1, 0.15) is 32.6 Å². The average molecular weight is 170 g/mol. The standard InChI is InChI=1S/C9H14O3/c1-2-11-8(10)7-9(12-7)5-3-4-6-9/h7H,2-6H2,1H3. The van der Waals surface area contributed by atoms with E-state index in [1.807, 2.05) is 6.92 Å². The zero-order valence-corrected chi connectivity index (χ0v) is 7.34. The summed E-state index contributed by atoms with van der Waals surface area (Å²) in [6.07, 6.45) is 4.22. The van der Waals surface area contributed by atoms with Crippen molar-refractivity contribution in [2.45, 2.75) is 44.3 Å². The number of rotatable bonds is 2. The molecule has 2 rings (SSSR count). The Hall–Kier alpha value is -0.570. The Labute approximate surface area is 72.0 Å². The van der Waals surface area contributed by atoms with Gasteiger partial charge in [-0.25, -0.2) is 4.79 Å². The molecule has 1 saturated heterocycles. The van der Waals surface area contributed by atoms with Crippen molar-refractivity contribution >= 4 is 5.97 Å². The summed E-state index contributed by atoms with van der Waals surface area (Å²) in [4.78, 5) is 11.2. The molecule has 0 aromatic heterocycles. The van der Waals surface area contributed by atoms with Gasteiger partial charge in [0.05, 0.1) is 6.61 Å². The van der Waals surface area contributed by atoms with Crippen LogP contribution in [0.3, 0.4) is 0 Å². The molecule has 2 fully saturated rings. The van der Waals surface area contributed by atoms with Crippen LogP contribution in [-0.2, 0) is 14.3 Å². The Bertz CT molecular complexity index is 194. The van der Waals surface area contributed by atoms with Crippen molar-refractivity contribution in [1.29, 1.82) is 0 Å². The number of hydrogen-bond acceptors (Lipinski definition) is 3. The summed E-state index contributed by atoms with van der Waals surface area (Å²) >= 11 is 0. The van der Waals surface area contributed by atoms with E-state index in [0.29, 0.717) is 6.61 Å². The molecule has 2 aliphatic rings. The van der Waals surface area contributed by atoms with Crippen LogP contribution in [0.15, 0.2) is 0 Å². The quantitative estimate of drug-likeness (QED) is 0.462. The lowest BCUT2D eigenvalue weighted by Crippen LogP contribution is -2.19. The number of esters is 1. The van der Waals surface area contributed by atoms with Gasteiger partial charge in [-0.2, -0.15) is 0 Å². The highest BCUT2D eigenvalue weighted by molar-refractivity contribution is 5.79. The maximum Gasteiger partial charge on any atom is 0.338 e. The molecule has 1 saturated carbocycles. The van der Waals surface area contributed by atoms with E-state index in [2.05, 4.69) is 0 Å². The minimum absolute atomic E-state index is 0.0910. The summed E-state index contributed by atoms with van der Waals surface area (Å²) in [5, 5.41) is 0. The summed E-state index contributed by atoms with van der Waals surface area (Å²) in [7, 11) is 0. The molecule has 1 aliphatic heterocycles. The first-order valence-electron chi connectivity index (χ1n) is 4.63. The van der Waals surface area contributed by atoms with Crippen LogP contribution in [0.25, 0.3) is 0 Å². The average Bonchev–Trinajstić information content (AvgIpc) is 2.51. The van der Waals surface area contributed by atoms with Gasteiger partial charge in [-0.15, -0.1) is 0 Å². The van der Waals surface area contributed by atoms with Gasteiger partial charge in [0.15, 0.2) is 6.10 Å². The molecule has 0 radical (unpaired) electrons. The van der Waals surface area contributed by atoms with E-state index in [0.717, 1.165) is 12.8 Å². The van der Waals surface area contributed by atoms with Gasteiger partial charge in [0.2, 0.25) is 0 Å². The third kappa shape index (κ3) is 1.12. The molecule has 68 valence electrons.